The van der Waals surface area contributed by atoms with Crippen molar-refractivity contribution < 1.29 is 13.9 Å². The molecule has 0 heterocycles. The lowest BCUT2D eigenvalue weighted by Crippen LogP contribution is -2.27. The molecule has 0 spiro atoms. The predicted octanol–water partition coefficient (Wildman–Crippen LogP) is 4.07. The molecule has 1 N–H and O–H groups in total. The van der Waals surface area contributed by atoms with E-state index in [0.717, 1.165) is 0 Å². The molecule has 96 valence electrons. The van der Waals surface area contributed by atoms with E-state index in [1.165, 1.54) is 12.1 Å². The molecule has 0 bridgehead atoms. The molecule has 0 fully saturated rings. The Kier molecular flexibility index (Phi) is 5.07. The molecule has 0 aromatic heterocycles. The monoisotopic (exact) mass is 306 g/mol. The fraction of sp³-hybridized carbons (Fsp3) is 0.538. The van der Waals surface area contributed by atoms with E-state index in [4.69, 9.17) is 0 Å². The first-order valence-corrected chi connectivity index (χ1v) is 6.52. The average molecular weight is 307 g/mol. The summed E-state index contributed by atoms with van der Waals surface area (Å²) in [5.41, 5.74) is -0.389. The molecule has 1 aromatic rings. The van der Waals surface area contributed by atoms with E-state index in [1.807, 2.05) is 13.8 Å². The molecule has 1 aromatic carbocycles. The Morgan fingerprint density at radius 3 is 2.29 bits per heavy atom. The molecule has 1 nitrogen and oxygen atoms in total. The van der Waals surface area contributed by atoms with Crippen molar-refractivity contribution in [2.45, 2.75) is 33.1 Å². The maximum Gasteiger partial charge on any atom is 0.143 e. The molecule has 1 rings (SSSR count). The minimum Gasteiger partial charge on any atom is -0.396 e. The van der Waals surface area contributed by atoms with Gasteiger partial charge in [-0.1, -0.05) is 13.8 Å². The second-order valence-corrected chi connectivity index (χ2v) is 5.22. The van der Waals surface area contributed by atoms with Crippen molar-refractivity contribution in [3.63, 3.8) is 0 Å². The molecule has 0 radical (unpaired) electrons. The molecule has 0 saturated heterocycles. The Balaban J connectivity index is 3.13. The van der Waals surface area contributed by atoms with Crippen molar-refractivity contribution >= 4 is 15.9 Å². The number of aliphatic hydroxyl groups excluding tert-OH is 1. The van der Waals surface area contributed by atoms with Crippen LogP contribution in [0.4, 0.5) is 8.78 Å². The summed E-state index contributed by atoms with van der Waals surface area (Å²) in [4.78, 5) is 0. The van der Waals surface area contributed by atoms with Crippen LogP contribution in [0.1, 0.15) is 32.3 Å². The topological polar surface area (TPSA) is 20.2 Å². The molecule has 0 aliphatic carbocycles. The van der Waals surface area contributed by atoms with Crippen LogP contribution in [0.15, 0.2) is 16.6 Å². The van der Waals surface area contributed by atoms with Crippen molar-refractivity contribution in [3.8, 4) is 0 Å². The second kappa shape index (κ2) is 5.91. The average Bonchev–Trinajstić information content (AvgIpc) is 2.36. The molecule has 0 amide bonds. The normalized spacial score (nSPS) is 11.9. The minimum absolute atomic E-state index is 0.0529. The van der Waals surface area contributed by atoms with Crippen molar-refractivity contribution in [1.82, 2.24) is 0 Å². The van der Waals surface area contributed by atoms with Gasteiger partial charge in [-0.3, -0.25) is 0 Å². The zero-order valence-corrected chi connectivity index (χ0v) is 11.7. The smallest absolute Gasteiger partial charge is 0.143 e. The molecular formula is C13H17BrF2O. The van der Waals surface area contributed by atoms with Crippen LogP contribution in [0.5, 0.6) is 0 Å². The van der Waals surface area contributed by atoms with Crippen LogP contribution in [0.2, 0.25) is 0 Å². The Bertz CT molecular complexity index is 381. The fourth-order valence-electron chi connectivity index (χ4n) is 1.89. The van der Waals surface area contributed by atoms with Gasteiger partial charge in [0.1, 0.15) is 11.6 Å². The first-order valence-electron chi connectivity index (χ1n) is 5.73. The number of hydrogen-bond donors (Lipinski definition) is 1. The van der Waals surface area contributed by atoms with Crippen molar-refractivity contribution in [2.75, 3.05) is 6.61 Å². The van der Waals surface area contributed by atoms with E-state index in [9.17, 15) is 13.9 Å². The summed E-state index contributed by atoms with van der Waals surface area (Å²) in [5.74, 6) is -1.12. The fourth-order valence-corrected chi connectivity index (χ4v) is 2.26. The van der Waals surface area contributed by atoms with Crippen LogP contribution < -0.4 is 0 Å². The van der Waals surface area contributed by atoms with Gasteiger partial charge in [-0.05, 0) is 52.7 Å². The van der Waals surface area contributed by atoms with Crippen molar-refractivity contribution in [3.05, 3.63) is 33.8 Å². The maximum absolute atomic E-state index is 13.8. The van der Waals surface area contributed by atoms with Crippen LogP contribution in [0, 0.1) is 17.0 Å². The van der Waals surface area contributed by atoms with Crippen LogP contribution in [0.25, 0.3) is 0 Å². The summed E-state index contributed by atoms with van der Waals surface area (Å²) < 4.78 is 27.7. The Morgan fingerprint density at radius 1 is 1.24 bits per heavy atom. The number of rotatable bonds is 5. The Morgan fingerprint density at radius 2 is 1.82 bits per heavy atom. The number of benzene rings is 1. The third-order valence-corrected chi connectivity index (χ3v) is 4.14. The van der Waals surface area contributed by atoms with Gasteiger partial charge in [0.25, 0.3) is 0 Å². The first-order chi connectivity index (χ1) is 7.99. The van der Waals surface area contributed by atoms with Gasteiger partial charge in [-0.2, -0.15) is 0 Å². The Hall–Kier alpha value is -0.480. The van der Waals surface area contributed by atoms with Crippen LogP contribution >= 0.6 is 15.9 Å². The van der Waals surface area contributed by atoms with E-state index in [-0.39, 0.29) is 23.1 Å². The predicted molar refractivity (Wildman–Crippen MR) is 67.9 cm³/mol. The first kappa shape index (κ1) is 14.6. The number of hydrogen-bond acceptors (Lipinski definition) is 1. The summed E-state index contributed by atoms with van der Waals surface area (Å²) in [6.45, 7) is 3.78. The van der Waals surface area contributed by atoms with Crippen molar-refractivity contribution in [2.24, 2.45) is 5.41 Å². The minimum atomic E-state index is -0.565. The van der Waals surface area contributed by atoms with E-state index in [0.29, 0.717) is 12.8 Å². The van der Waals surface area contributed by atoms with Crippen LogP contribution in [-0.4, -0.2) is 11.7 Å². The molecule has 4 heteroatoms. The molecule has 0 atom stereocenters. The van der Waals surface area contributed by atoms with Gasteiger partial charge in [0.2, 0.25) is 0 Å². The standard InChI is InChI=1S/C13H17BrF2O/c1-3-13(4-2,8-17)7-9-11(15)6-5-10(14)12(9)16/h5-6,17H,3-4,7-8H2,1-2H3. The van der Waals surface area contributed by atoms with Gasteiger partial charge >= 0.3 is 0 Å². The lowest BCUT2D eigenvalue weighted by Gasteiger charge is -2.29. The second-order valence-electron chi connectivity index (χ2n) is 4.36. The lowest BCUT2D eigenvalue weighted by atomic mass is 9.77. The highest BCUT2D eigenvalue weighted by Crippen LogP contribution is 2.33. The third kappa shape index (κ3) is 3.05. The summed E-state index contributed by atoms with van der Waals surface area (Å²) >= 11 is 3.05. The molecule has 17 heavy (non-hydrogen) atoms. The summed E-state index contributed by atoms with van der Waals surface area (Å²) in [6, 6.07) is 2.60. The number of aliphatic hydroxyl groups is 1. The molecular weight excluding hydrogens is 290 g/mol. The van der Waals surface area contributed by atoms with E-state index >= 15 is 0 Å². The molecule has 0 aliphatic heterocycles. The highest BCUT2D eigenvalue weighted by Gasteiger charge is 2.29. The van der Waals surface area contributed by atoms with Crippen LogP contribution in [0.3, 0.4) is 0 Å². The van der Waals surface area contributed by atoms with Gasteiger partial charge < -0.3 is 5.11 Å². The van der Waals surface area contributed by atoms with Gasteiger partial charge in [0.15, 0.2) is 0 Å². The summed E-state index contributed by atoms with van der Waals surface area (Å²) in [7, 11) is 0. The molecule has 0 aliphatic rings. The SMILES string of the molecule is CCC(CC)(CO)Cc1c(F)ccc(Br)c1F. The highest BCUT2D eigenvalue weighted by atomic mass is 79.9. The van der Waals surface area contributed by atoms with E-state index in [2.05, 4.69) is 15.9 Å². The van der Waals surface area contributed by atoms with Gasteiger partial charge in [-0.25, -0.2) is 8.78 Å². The van der Waals surface area contributed by atoms with E-state index < -0.39 is 17.0 Å². The third-order valence-electron chi connectivity index (χ3n) is 3.53. The molecule has 0 saturated carbocycles. The van der Waals surface area contributed by atoms with E-state index in [1.54, 1.807) is 0 Å². The van der Waals surface area contributed by atoms with Gasteiger partial charge in [-0.15, -0.1) is 0 Å². The largest absolute Gasteiger partial charge is 0.396 e. The lowest BCUT2D eigenvalue weighted by molar-refractivity contribution is 0.113. The van der Waals surface area contributed by atoms with Gasteiger partial charge in [0, 0.05) is 12.2 Å². The van der Waals surface area contributed by atoms with Gasteiger partial charge in [0.05, 0.1) is 4.47 Å². The highest BCUT2D eigenvalue weighted by molar-refractivity contribution is 9.10. The molecule has 0 unspecified atom stereocenters. The zero-order valence-electron chi connectivity index (χ0n) is 10.1. The van der Waals surface area contributed by atoms with Crippen molar-refractivity contribution in [1.29, 1.82) is 0 Å². The maximum atomic E-state index is 13.8. The zero-order chi connectivity index (χ0) is 13.1. The summed E-state index contributed by atoms with van der Waals surface area (Å²) in [6.07, 6.45) is 1.59. The Labute approximate surface area is 109 Å². The quantitative estimate of drug-likeness (QED) is 0.813. The summed E-state index contributed by atoms with van der Waals surface area (Å²) in [5, 5.41) is 9.43. The number of halogens is 3. The van der Waals surface area contributed by atoms with Crippen LogP contribution in [-0.2, 0) is 6.42 Å².